The number of hydrogen-bond acceptors (Lipinski definition) is 4. The lowest BCUT2D eigenvalue weighted by Gasteiger charge is -2.15. The van der Waals surface area contributed by atoms with Crippen LogP contribution >= 0.6 is 33.9 Å². The van der Waals surface area contributed by atoms with E-state index in [1.54, 1.807) is 19.5 Å². The molecule has 7 heteroatoms. The van der Waals surface area contributed by atoms with Gasteiger partial charge in [-0.1, -0.05) is 0 Å². The summed E-state index contributed by atoms with van der Waals surface area (Å²) in [5.74, 6) is -0.330. The van der Waals surface area contributed by atoms with Crippen molar-refractivity contribution in [3.8, 4) is 0 Å². The molecule has 1 aromatic heterocycles. The van der Waals surface area contributed by atoms with Crippen molar-refractivity contribution in [2.75, 3.05) is 33.9 Å². The molecule has 0 fully saturated rings. The number of nitrogens with one attached hydrogen (secondary N) is 1. The van der Waals surface area contributed by atoms with Crippen LogP contribution in [0.3, 0.4) is 0 Å². The molecule has 0 saturated carbocycles. The standard InChI is InChI=1S/C11H15IN2O3S/c1-14(6-10(15)13-3-4-17-2)11(16)8-5-9(12)18-7-8/h5,7H,3-4,6H2,1-2H3,(H,13,15). The number of carbonyl (C=O) groups excluding carboxylic acids is 2. The maximum absolute atomic E-state index is 11.9. The lowest BCUT2D eigenvalue weighted by atomic mass is 10.3. The summed E-state index contributed by atoms with van der Waals surface area (Å²) in [6, 6.07) is 1.81. The largest absolute Gasteiger partial charge is 0.383 e. The van der Waals surface area contributed by atoms with Gasteiger partial charge >= 0.3 is 0 Å². The Morgan fingerprint density at radius 1 is 1.56 bits per heavy atom. The highest BCUT2D eigenvalue weighted by molar-refractivity contribution is 14.1. The van der Waals surface area contributed by atoms with Gasteiger partial charge in [0.1, 0.15) is 0 Å². The third-order valence-electron chi connectivity index (χ3n) is 2.17. The van der Waals surface area contributed by atoms with Gasteiger partial charge < -0.3 is 15.0 Å². The summed E-state index contributed by atoms with van der Waals surface area (Å²) in [7, 11) is 3.18. The lowest BCUT2D eigenvalue weighted by Crippen LogP contribution is -2.39. The van der Waals surface area contributed by atoms with Gasteiger partial charge in [-0.15, -0.1) is 11.3 Å². The van der Waals surface area contributed by atoms with Crippen LogP contribution < -0.4 is 5.32 Å². The van der Waals surface area contributed by atoms with Gasteiger partial charge in [-0.25, -0.2) is 0 Å². The van der Waals surface area contributed by atoms with Crippen LogP contribution in [0.5, 0.6) is 0 Å². The fraction of sp³-hybridized carbons (Fsp3) is 0.455. The monoisotopic (exact) mass is 382 g/mol. The normalized spacial score (nSPS) is 10.2. The number of methoxy groups -OCH3 is 1. The van der Waals surface area contributed by atoms with E-state index in [0.29, 0.717) is 18.7 Å². The van der Waals surface area contributed by atoms with E-state index < -0.39 is 0 Å². The van der Waals surface area contributed by atoms with E-state index in [4.69, 9.17) is 4.74 Å². The van der Waals surface area contributed by atoms with Crippen LogP contribution in [0.15, 0.2) is 11.4 Å². The lowest BCUT2D eigenvalue weighted by molar-refractivity contribution is -0.121. The Morgan fingerprint density at radius 3 is 2.83 bits per heavy atom. The molecule has 0 aliphatic rings. The van der Waals surface area contributed by atoms with Gasteiger partial charge in [0.2, 0.25) is 5.91 Å². The van der Waals surface area contributed by atoms with Crippen molar-refractivity contribution >= 4 is 45.7 Å². The average Bonchev–Trinajstić information content (AvgIpc) is 2.75. The molecule has 18 heavy (non-hydrogen) atoms. The zero-order valence-corrected chi connectivity index (χ0v) is 13.2. The summed E-state index contributed by atoms with van der Waals surface area (Å²) in [6.45, 7) is 0.967. The van der Waals surface area contributed by atoms with Gasteiger partial charge in [0.05, 0.1) is 21.6 Å². The smallest absolute Gasteiger partial charge is 0.254 e. The highest BCUT2D eigenvalue weighted by Gasteiger charge is 2.15. The summed E-state index contributed by atoms with van der Waals surface area (Å²) in [5, 5.41) is 4.46. The molecule has 1 N–H and O–H groups in total. The molecule has 0 atom stereocenters. The minimum atomic E-state index is -0.187. The van der Waals surface area contributed by atoms with Gasteiger partial charge in [0, 0.05) is 26.1 Å². The Morgan fingerprint density at radius 2 is 2.28 bits per heavy atom. The van der Waals surface area contributed by atoms with Crippen molar-refractivity contribution < 1.29 is 14.3 Å². The van der Waals surface area contributed by atoms with E-state index in [2.05, 4.69) is 27.9 Å². The number of nitrogens with zero attached hydrogens (tertiary/aromatic N) is 1. The first-order chi connectivity index (χ1) is 8.54. The molecule has 5 nitrogen and oxygen atoms in total. The molecule has 0 aliphatic heterocycles. The van der Waals surface area contributed by atoms with Gasteiger partial charge in [-0.05, 0) is 28.7 Å². The van der Waals surface area contributed by atoms with E-state index in [0.717, 1.165) is 2.88 Å². The Bertz CT molecular complexity index is 422. The molecule has 0 bridgehead atoms. The van der Waals surface area contributed by atoms with Crippen molar-refractivity contribution in [3.63, 3.8) is 0 Å². The van der Waals surface area contributed by atoms with Crippen molar-refractivity contribution in [1.82, 2.24) is 10.2 Å². The first-order valence-electron chi connectivity index (χ1n) is 5.29. The van der Waals surface area contributed by atoms with Crippen molar-refractivity contribution in [3.05, 3.63) is 19.9 Å². The van der Waals surface area contributed by atoms with Crippen LogP contribution in [0.2, 0.25) is 0 Å². The number of halogens is 1. The number of amides is 2. The van der Waals surface area contributed by atoms with Crippen molar-refractivity contribution in [2.24, 2.45) is 0 Å². The second-order valence-electron chi connectivity index (χ2n) is 3.64. The number of hydrogen-bond donors (Lipinski definition) is 1. The number of likely N-dealkylation sites (N-methyl/N-ethyl adjacent to an activating group) is 1. The summed E-state index contributed by atoms with van der Waals surface area (Å²) < 4.78 is 5.87. The summed E-state index contributed by atoms with van der Waals surface area (Å²) in [4.78, 5) is 24.9. The Labute approximate surface area is 124 Å². The first-order valence-corrected chi connectivity index (χ1v) is 7.25. The van der Waals surface area contributed by atoms with E-state index in [1.807, 2.05) is 6.07 Å². The Kier molecular flexibility index (Phi) is 6.58. The fourth-order valence-corrected chi connectivity index (χ4v) is 2.60. The van der Waals surface area contributed by atoms with Crippen molar-refractivity contribution in [1.29, 1.82) is 0 Å². The minimum absolute atomic E-state index is 0.0506. The average molecular weight is 382 g/mol. The van der Waals surface area contributed by atoms with Crippen molar-refractivity contribution in [2.45, 2.75) is 0 Å². The Hall–Kier alpha value is -0.670. The highest BCUT2D eigenvalue weighted by atomic mass is 127. The zero-order chi connectivity index (χ0) is 13.5. The van der Waals surface area contributed by atoms with Gasteiger partial charge in [0.15, 0.2) is 0 Å². The molecule has 0 aromatic carbocycles. The SMILES string of the molecule is COCCNC(=O)CN(C)C(=O)c1csc(I)c1. The van der Waals surface area contributed by atoms with Crippen LogP contribution in [0.4, 0.5) is 0 Å². The van der Waals surface area contributed by atoms with Crippen LogP contribution in [0.1, 0.15) is 10.4 Å². The molecule has 0 unspecified atom stereocenters. The number of rotatable bonds is 6. The Balaban J connectivity index is 2.42. The molecular weight excluding hydrogens is 367 g/mol. The topological polar surface area (TPSA) is 58.6 Å². The third-order valence-corrected chi connectivity index (χ3v) is 3.96. The fourth-order valence-electron chi connectivity index (χ4n) is 1.28. The molecular formula is C11H15IN2O3S. The second kappa shape index (κ2) is 7.70. The predicted molar refractivity (Wildman–Crippen MR) is 78.9 cm³/mol. The van der Waals surface area contributed by atoms with Crippen LogP contribution in [0.25, 0.3) is 0 Å². The molecule has 0 saturated heterocycles. The molecule has 100 valence electrons. The van der Waals surface area contributed by atoms with E-state index >= 15 is 0 Å². The van der Waals surface area contributed by atoms with Gasteiger partial charge in [-0.2, -0.15) is 0 Å². The summed E-state index contributed by atoms with van der Waals surface area (Å²) in [5.41, 5.74) is 0.622. The molecule has 0 aliphatic carbocycles. The van der Waals surface area contributed by atoms with Crippen LogP contribution in [-0.4, -0.2) is 50.6 Å². The maximum Gasteiger partial charge on any atom is 0.254 e. The molecule has 1 heterocycles. The van der Waals surface area contributed by atoms with E-state index in [-0.39, 0.29) is 18.4 Å². The molecule has 0 radical (unpaired) electrons. The molecule has 1 aromatic rings. The van der Waals surface area contributed by atoms with Crippen LogP contribution in [0, 0.1) is 2.88 Å². The van der Waals surface area contributed by atoms with Gasteiger partial charge in [-0.3, -0.25) is 9.59 Å². The van der Waals surface area contributed by atoms with Crippen LogP contribution in [-0.2, 0) is 9.53 Å². The first kappa shape index (κ1) is 15.4. The number of carbonyl (C=O) groups is 2. The van der Waals surface area contributed by atoms with E-state index in [9.17, 15) is 9.59 Å². The maximum atomic E-state index is 11.9. The predicted octanol–water partition coefficient (Wildman–Crippen LogP) is 1.19. The third kappa shape index (κ3) is 4.91. The second-order valence-corrected chi connectivity index (χ2v) is 6.45. The highest BCUT2D eigenvalue weighted by Crippen LogP contribution is 2.17. The quantitative estimate of drug-likeness (QED) is 0.594. The van der Waals surface area contributed by atoms with E-state index in [1.165, 1.54) is 16.2 Å². The molecule has 1 rings (SSSR count). The summed E-state index contributed by atoms with van der Waals surface area (Å²) in [6.07, 6.45) is 0. The molecule has 0 spiro atoms. The zero-order valence-electron chi connectivity index (χ0n) is 10.2. The molecule has 2 amide bonds. The number of ether oxygens (including phenoxy) is 1. The minimum Gasteiger partial charge on any atom is -0.383 e. The summed E-state index contributed by atoms with van der Waals surface area (Å²) >= 11 is 3.67. The van der Waals surface area contributed by atoms with Gasteiger partial charge in [0.25, 0.3) is 5.91 Å². The number of thiophene rings is 1.